The highest BCUT2D eigenvalue weighted by Crippen LogP contribution is 2.41. The average Bonchev–Trinajstić information content (AvgIpc) is 2.94. The van der Waals surface area contributed by atoms with E-state index >= 15 is 0 Å². The molecule has 0 bridgehead atoms. The zero-order valence-corrected chi connectivity index (χ0v) is 16.3. The molecule has 1 aromatic rings. The topological polar surface area (TPSA) is 75.4 Å². The zero-order chi connectivity index (χ0) is 19.6. The Labute approximate surface area is 161 Å². The summed E-state index contributed by atoms with van der Waals surface area (Å²) in [6.07, 6.45) is 3.40. The first-order valence-electron chi connectivity index (χ1n) is 9.59. The molecular formula is C22H27N3O2. The van der Waals surface area contributed by atoms with Gasteiger partial charge in [-0.25, -0.2) is 0 Å². The van der Waals surface area contributed by atoms with Gasteiger partial charge in [0.25, 0.3) is 5.91 Å². The molecule has 2 amide bonds. The Bertz CT molecular complexity index is 874. The predicted octanol–water partition coefficient (Wildman–Crippen LogP) is 2.63. The molecule has 1 aliphatic heterocycles. The quantitative estimate of drug-likeness (QED) is 0.809. The largest absolute Gasteiger partial charge is 0.369 e. The lowest BCUT2D eigenvalue weighted by Crippen LogP contribution is -2.47. The number of amides is 2. The number of carbonyl (C=O) groups excluding carboxylic acids is 2. The maximum absolute atomic E-state index is 12.0. The Morgan fingerprint density at radius 2 is 2.11 bits per heavy atom. The normalized spacial score (nSPS) is 18.6. The summed E-state index contributed by atoms with van der Waals surface area (Å²) in [4.78, 5) is 26.1. The summed E-state index contributed by atoms with van der Waals surface area (Å²) in [5.74, 6) is 4.87. The van der Waals surface area contributed by atoms with Gasteiger partial charge in [0.2, 0.25) is 5.91 Å². The number of hydrogen-bond acceptors (Lipinski definition) is 3. The van der Waals surface area contributed by atoms with Crippen LogP contribution < -0.4 is 16.0 Å². The van der Waals surface area contributed by atoms with Crippen LogP contribution in [0.2, 0.25) is 0 Å². The van der Waals surface area contributed by atoms with Crippen molar-refractivity contribution in [2.45, 2.75) is 52.5 Å². The van der Waals surface area contributed by atoms with Gasteiger partial charge in [0.15, 0.2) is 0 Å². The van der Waals surface area contributed by atoms with Crippen LogP contribution in [0.4, 0.5) is 5.69 Å². The van der Waals surface area contributed by atoms with Crippen molar-refractivity contribution in [3.63, 3.8) is 0 Å². The number of allylic oxidation sites excluding steroid dienone is 2. The Morgan fingerprint density at radius 1 is 1.33 bits per heavy atom. The van der Waals surface area contributed by atoms with Gasteiger partial charge in [0.05, 0.1) is 0 Å². The predicted molar refractivity (Wildman–Crippen MR) is 108 cm³/mol. The van der Waals surface area contributed by atoms with E-state index in [1.807, 2.05) is 19.1 Å². The molecule has 1 saturated heterocycles. The van der Waals surface area contributed by atoms with E-state index in [0.717, 1.165) is 49.2 Å². The number of benzene rings is 1. The molecule has 0 spiro atoms. The summed E-state index contributed by atoms with van der Waals surface area (Å²) in [6, 6.07) is 3.93. The van der Waals surface area contributed by atoms with Crippen LogP contribution >= 0.6 is 0 Å². The zero-order valence-electron chi connectivity index (χ0n) is 16.3. The molecule has 1 atom stereocenters. The molecule has 1 fully saturated rings. The van der Waals surface area contributed by atoms with E-state index in [1.54, 1.807) is 0 Å². The molecule has 0 saturated carbocycles. The third-order valence-corrected chi connectivity index (χ3v) is 5.49. The summed E-state index contributed by atoms with van der Waals surface area (Å²) >= 11 is 0. The van der Waals surface area contributed by atoms with Crippen molar-refractivity contribution >= 4 is 23.1 Å². The van der Waals surface area contributed by atoms with E-state index in [0.29, 0.717) is 12.0 Å². The van der Waals surface area contributed by atoms with Gasteiger partial charge in [0, 0.05) is 42.4 Å². The fourth-order valence-corrected chi connectivity index (χ4v) is 4.05. The van der Waals surface area contributed by atoms with Crippen LogP contribution in [-0.2, 0) is 11.2 Å². The van der Waals surface area contributed by atoms with Crippen LogP contribution in [0, 0.1) is 11.8 Å². The monoisotopic (exact) mass is 365 g/mol. The Hall–Kier alpha value is -2.74. The number of primary amides is 1. The van der Waals surface area contributed by atoms with Crippen LogP contribution in [0.15, 0.2) is 17.7 Å². The van der Waals surface area contributed by atoms with Crippen molar-refractivity contribution in [1.82, 2.24) is 5.32 Å². The summed E-state index contributed by atoms with van der Waals surface area (Å²) in [6.45, 7) is 7.82. The number of piperidine rings is 1. The van der Waals surface area contributed by atoms with Gasteiger partial charge in [0.1, 0.15) is 0 Å². The van der Waals surface area contributed by atoms with Gasteiger partial charge in [-0.15, -0.1) is 0 Å². The van der Waals surface area contributed by atoms with Gasteiger partial charge >= 0.3 is 0 Å². The number of nitrogens with two attached hydrogens (primary N) is 1. The third-order valence-electron chi connectivity index (χ3n) is 5.49. The van der Waals surface area contributed by atoms with E-state index in [9.17, 15) is 9.59 Å². The minimum Gasteiger partial charge on any atom is -0.369 e. The lowest BCUT2D eigenvalue weighted by Gasteiger charge is -2.36. The number of rotatable bonds is 3. The van der Waals surface area contributed by atoms with Gasteiger partial charge in [-0.1, -0.05) is 18.4 Å². The first-order chi connectivity index (χ1) is 12.9. The number of nitrogens with one attached hydrogen (secondary N) is 1. The van der Waals surface area contributed by atoms with Crippen LogP contribution in [0.5, 0.6) is 0 Å². The summed E-state index contributed by atoms with van der Waals surface area (Å²) < 4.78 is 0. The molecule has 5 nitrogen and oxygen atoms in total. The van der Waals surface area contributed by atoms with Crippen LogP contribution in [0.25, 0.3) is 5.57 Å². The van der Waals surface area contributed by atoms with Crippen molar-refractivity contribution in [3.05, 3.63) is 34.4 Å². The van der Waals surface area contributed by atoms with Crippen molar-refractivity contribution in [1.29, 1.82) is 0 Å². The minimum atomic E-state index is -0.376. The summed E-state index contributed by atoms with van der Waals surface area (Å²) in [5, 5.41) is 3.03. The minimum absolute atomic E-state index is 0.0793. The molecule has 0 aromatic heterocycles. The standard InChI is InChI=1S/C22H27N3O2/c1-4-5-8-20(26)24-16-7-6-11-25(13-16)19-10-9-17(22(23)27)18-12-14(2)15(3)21(18)19/h9-10,16H,4,6-7,11-13H2,1-3H3,(H2,23,27)(H,24,26)/t16-/m0/s1. The second kappa shape index (κ2) is 7.87. The van der Waals surface area contributed by atoms with E-state index in [4.69, 9.17) is 5.73 Å². The average molecular weight is 365 g/mol. The molecule has 0 unspecified atom stereocenters. The summed E-state index contributed by atoms with van der Waals surface area (Å²) in [5.41, 5.74) is 12.0. The molecule has 142 valence electrons. The summed E-state index contributed by atoms with van der Waals surface area (Å²) in [7, 11) is 0. The molecule has 0 radical (unpaired) electrons. The Kier molecular flexibility index (Phi) is 5.55. The maximum atomic E-state index is 12.0. The number of nitrogens with zero attached hydrogens (tertiary/aromatic N) is 1. The number of fused-ring (bicyclic) bond motifs is 1. The number of anilines is 1. The molecule has 3 rings (SSSR count). The van der Waals surface area contributed by atoms with Crippen molar-refractivity contribution < 1.29 is 9.59 Å². The fourth-order valence-electron chi connectivity index (χ4n) is 4.05. The molecule has 2 aliphatic rings. The van der Waals surface area contributed by atoms with E-state index in [-0.39, 0.29) is 17.9 Å². The molecule has 3 N–H and O–H groups in total. The second-order valence-electron chi connectivity index (χ2n) is 7.35. The Balaban J connectivity index is 1.87. The van der Waals surface area contributed by atoms with Crippen molar-refractivity contribution in [2.75, 3.05) is 18.0 Å². The molecule has 5 heteroatoms. The lowest BCUT2D eigenvalue weighted by molar-refractivity contribution is -0.116. The van der Waals surface area contributed by atoms with Crippen LogP contribution in [0.3, 0.4) is 0 Å². The van der Waals surface area contributed by atoms with Gasteiger partial charge < -0.3 is 16.0 Å². The van der Waals surface area contributed by atoms with Crippen LogP contribution in [0.1, 0.15) is 61.5 Å². The molecular weight excluding hydrogens is 338 g/mol. The number of carbonyl (C=O) groups is 2. The van der Waals surface area contributed by atoms with Gasteiger partial charge in [-0.2, -0.15) is 0 Å². The first kappa shape index (κ1) is 19.0. The van der Waals surface area contributed by atoms with Crippen LogP contribution in [-0.4, -0.2) is 30.9 Å². The van der Waals surface area contributed by atoms with Gasteiger partial charge in [-0.3, -0.25) is 9.59 Å². The van der Waals surface area contributed by atoms with E-state index in [2.05, 4.69) is 35.9 Å². The maximum Gasteiger partial charge on any atom is 0.296 e. The Morgan fingerprint density at radius 3 is 2.81 bits per heavy atom. The molecule has 1 aromatic carbocycles. The van der Waals surface area contributed by atoms with E-state index < -0.39 is 0 Å². The van der Waals surface area contributed by atoms with E-state index in [1.165, 1.54) is 11.1 Å². The van der Waals surface area contributed by atoms with Crippen molar-refractivity contribution in [3.8, 4) is 11.8 Å². The molecule has 27 heavy (non-hydrogen) atoms. The molecule has 1 aliphatic carbocycles. The van der Waals surface area contributed by atoms with Crippen molar-refractivity contribution in [2.24, 2.45) is 5.73 Å². The smallest absolute Gasteiger partial charge is 0.296 e. The third kappa shape index (κ3) is 3.85. The highest BCUT2D eigenvalue weighted by molar-refractivity contribution is 5.99. The fraction of sp³-hybridized carbons (Fsp3) is 0.455. The van der Waals surface area contributed by atoms with Gasteiger partial charge in [-0.05, 0) is 62.3 Å². The first-order valence-corrected chi connectivity index (χ1v) is 9.59. The number of hydrogen-bond donors (Lipinski definition) is 2. The second-order valence-corrected chi connectivity index (χ2v) is 7.35. The SMILES string of the molecule is CCC#CC(=O)N[C@H]1CCCN(c2ccc(C(N)=O)c3c2C(C)=C(C)C3)C1. The highest BCUT2D eigenvalue weighted by Gasteiger charge is 2.29. The molecule has 1 heterocycles. The highest BCUT2D eigenvalue weighted by atomic mass is 16.1. The lowest BCUT2D eigenvalue weighted by atomic mass is 9.95.